The van der Waals surface area contributed by atoms with Gasteiger partial charge in [0, 0.05) is 32.4 Å². The number of alkyl halides is 2. The minimum absolute atomic E-state index is 0.174. The van der Waals surface area contributed by atoms with E-state index in [1.165, 1.54) is 0 Å². The van der Waals surface area contributed by atoms with Crippen LogP contribution in [0.1, 0.15) is 17.5 Å². The lowest BCUT2D eigenvalue weighted by Crippen LogP contribution is -2.35. The standard InChI is InChI=1S/C16H22F2N2O2/c1-13-10-14(4-5-15(13)22-12-16(17)18)11-20-7-2-6-19(20)8-3-9-21/h2,4-6,10,16,21H,3,7-9,11-12H2,1H3. The Hall–Kier alpha value is -1.66. The van der Waals surface area contributed by atoms with Gasteiger partial charge >= 0.3 is 0 Å². The molecule has 0 bridgehead atoms. The van der Waals surface area contributed by atoms with E-state index in [9.17, 15) is 8.78 Å². The Labute approximate surface area is 129 Å². The molecule has 0 saturated heterocycles. The normalized spacial score (nSPS) is 15.0. The van der Waals surface area contributed by atoms with E-state index < -0.39 is 13.0 Å². The fraction of sp³-hybridized carbons (Fsp3) is 0.500. The van der Waals surface area contributed by atoms with Crippen molar-refractivity contribution in [2.45, 2.75) is 26.3 Å². The fourth-order valence-electron chi connectivity index (χ4n) is 2.43. The number of aliphatic hydroxyl groups is 1. The Morgan fingerprint density at radius 2 is 2.18 bits per heavy atom. The molecule has 0 atom stereocenters. The summed E-state index contributed by atoms with van der Waals surface area (Å²) in [5.74, 6) is 0.501. The molecule has 0 saturated carbocycles. The number of rotatable bonds is 8. The van der Waals surface area contributed by atoms with E-state index in [0.29, 0.717) is 5.75 Å². The zero-order valence-corrected chi connectivity index (χ0v) is 12.7. The molecule has 0 aliphatic carbocycles. The van der Waals surface area contributed by atoms with Crippen molar-refractivity contribution in [3.63, 3.8) is 0 Å². The van der Waals surface area contributed by atoms with E-state index in [0.717, 1.165) is 37.2 Å². The highest BCUT2D eigenvalue weighted by Gasteiger charge is 2.16. The molecule has 1 aromatic carbocycles. The minimum Gasteiger partial charge on any atom is -0.487 e. The highest BCUT2D eigenvalue weighted by atomic mass is 19.3. The topological polar surface area (TPSA) is 35.9 Å². The van der Waals surface area contributed by atoms with Crippen LogP contribution in [0.25, 0.3) is 0 Å². The molecule has 1 aliphatic rings. The zero-order valence-electron chi connectivity index (χ0n) is 12.7. The van der Waals surface area contributed by atoms with Crippen molar-refractivity contribution in [1.82, 2.24) is 10.0 Å². The summed E-state index contributed by atoms with van der Waals surface area (Å²) in [7, 11) is 0. The molecular weight excluding hydrogens is 290 g/mol. The number of hydrazine groups is 1. The van der Waals surface area contributed by atoms with Crippen LogP contribution in [-0.4, -0.2) is 47.9 Å². The molecular formula is C16H22F2N2O2. The van der Waals surface area contributed by atoms with E-state index in [2.05, 4.69) is 16.1 Å². The van der Waals surface area contributed by atoms with Gasteiger partial charge in [-0.25, -0.2) is 13.8 Å². The lowest BCUT2D eigenvalue weighted by atomic mass is 10.1. The third kappa shape index (κ3) is 4.68. The fourth-order valence-corrected chi connectivity index (χ4v) is 2.43. The molecule has 0 radical (unpaired) electrons. The van der Waals surface area contributed by atoms with Crippen molar-refractivity contribution < 1.29 is 18.6 Å². The predicted molar refractivity (Wildman–Crippen MR) is 80.6 cm³/mol. The summed E-state index contributed by atoms with van der Waals surface area (Å²) in [5, 5.41) is 13.2. The Bertz CT molecular complexity index is 509. The maximum atomic E-state index is 12.2. The van der Waals surface area contributed by atoms with E-state index in [1.54, 1.807) is 6.07 Å². The van der Waals surface area contributed by atoms with Gasteiger partial charge in [-0.15, -0.1) is 0 Å². The molecule has 0 unspecified atom stereocenters. The van der Waals surface area contributed by atoms with Crippen molar-refractivity contribution in [3.8, 4) is 5.75 Å². The van der Waals surface area contributed by atoms with Gasteiger partial charge in [0.15, 0.2) is 0 Å². The summed E-state index contributed by atoms with van der Waals surface area (Å²) in [5.41, 5.74) is 1.95. The number of hydrogen-bond acceptors (Lipinski definition) is 4. The summed E-state index contributed by atoms with van der Waals surface area (Å²) in [6, 6.07) is 5.61. The molecule has 22 heavy (non-hydrogen) atoms. The minimum atomic E-state index is -2.46. The van der Waals surface area contributed by atoms with E-state index in [4.69, 9.17) is 9.84 Å². The summed E-state index contributed by atoms with van der Waals surface area (Å²) in [6.07, 6.45) is 2.35. The van der Waals surface area contributed by atoms with Crippen LogP contribution in [0.15, 0.2) is 30.5 Å². The van der Waals surface area contributed by atoms with E-state index >= 15 is 0 Å². The van der Waals surface area contributed by atoms with Gasteiger partial charge in [0.25, 0.3) is 6.43 Å². The number of hydrogen-bond donors (Lipinski definition) is 1. The Kier molecular flexibility index (Phi) is 6.15. The smallest absolute Gasteiger partial charge is 0.272 e. The van der Waals surface area contributed by atoms with Crippen LogP contribution in [0.5, 0.6) is 5.75 Å². The molecule has 122 valence electrons. The quantitative estimate of drug-likeness (QED) is 0.800. The van der Waals surface area contributed by atoms with Crippen LogP contribution in [0.3, 0.4) is 0 Å². The number of benzene rings is 1. The zero-order chi connectivity index (χ0) is 15.9. The maximum Gasteiger partial charge on any atom is 0.272 e. The van der Waals surface area contributed by atoms with Gasteiger partial charge in [0.2, 0.25) is 0 Å². The first-order valence-electron chi connectivity index (χ1n) is 7.39. The second-order valence-electron chi connectivity index (χ2n) is 5.27. The molecule has 0 aromatic heterocycles. The molecule has 1 N–H and O–H groups in total. The first kappa shape index (κ1) is 16.7. The predicted octanol–water partition coefficient (Wildman–Crippen LogP) is 2.57. The average Bonchev–Trinajstić information content (AvgIpc) is 2.91. The highest BCUT2D eigenvalue weighted by molar-refractivity contribution is 5.36. The summed E-state index contributed by atoms with van der Waals surface area (Å²) in [6.45, 7) is 3.79. The molecule has 6 heteroatoms. The SMILES string of the molecule is Cc1cc(CN2CC=CN2CCCO)ccc1OCC(F)F. The molecule has 1 aromatic rings. The summed E-state index contributed by atoms with van der Waals surface area (Å²) < 4.78 is 29.5. The van der Waals surface area contributed by atoms with Crippen LogP contribution in [0.4, 0.5) is 8.78 Å². The third-order valence-corrected chi connectivity index (χ3v) is 3.47. The van der Waals surface area contributed by atoms with Crippen LogP contribution in [0.2, 0.25) is 0 Å². The number of nitrogens with zero attached hydrogens (tertiary/aromatic N) is 2. The molecule has 1 aliphatic heterocycles. The van der Waals surface area contributed by atoms with Crippen molar-refractivity contribution in [1.29, 1.82) is 0 Å². The molecule has 2 rings (SSSR count). The molecule has 4 nitrogen and oxygen atoms in total. The van der Waals surface area contributed by atoms with Gasteiger partial charge in [-0.2, -0.15) is 0 Å². The summed E-state index contributed by atoms with van der Waals surface area (Å²) in [4.78, 5) is 0. The maximum absolute atomic E-state index is 12.2. The van der Waals surface area contributed by atoms with Gasteiger partial charge in [0.05, 0.1) is 0 Å². The molecule has 1 heterocycles. The van der Waals surface area contributed by atoms with Crippen molar-refractivity contribution in [3.05, 3.63) is 41.6 Å². The lowest BCUT2D eigenvalue weighted by Gasteiger charge is -2.29. The van der Waals surface area contributed by atoms with Crippen LogP contribution in [-0.2, 0) is 6.54 Å². The van der Waals surface area contributed by atoms with Crippen molar-refractivity contribution in [2.75, 3.05) is 26.3 Å². The van der Waals surface area contributed by atoms with Crippen molar-refractivity contribution >= 4 is 0 Å². The Balaban J connectivity index is 1.94. The number of ether oxygens (including phenoxy) is 1. The lowest BCUT2D eigenvalue weighted by molar-refractivity contribution is 0.0378. The largest absolute Gasteiger partial charge is 0.487 e. The number of aryl methyl sites for hydroxylation is 1. The molecule has 0 amide bonds. The van der Waals surface area contributed by atoms with Gasteiger partial charge < -0.3 is 14.9 Å². The Morgan fingerprint density at radius 1 is 1.36 bits per heavy atom. The highest BCUT2D eigenvalue weighted by Crippen LogP contribution is 2.22. The average molecular weight is 312 g/mol. The molecule has 0 fully saturated rings. The van der Waals surface area contributed by atoms with Gasteiger partial charge in [-0.1, -0.05) is 18.2 Å². The van der Waals surface area contributed by atoms with Crippen molar-refractivity contribution in [2.24, 2.45) is 0 Å². The van der Waals surface area contributed by atoms with E-state index in [-0.39, 0.29) is 6.61 Å². The van der Waals surface area contributed by atoms with Gasteiger partial charge in [-0.05, 0) is 30.5 Å². The first-order chi connectivity index (χ1) is 10.6. The summed E-state index contributed by atoms with van der Waals surface area (Å²) >= 11 is 0. The van der Waals surface area contributed by atoms with Crippen LogP contribution < -0.4 is 4.74 Å². The van der Waals surface area contributed by atoms with Gasteiger partial charge in [-0.3, -0.25) is 0 Å². The van der Waals surface area contributed by atoms with Crippen LogP contribution in [0, 0.1) is 6.92 Å². The number of halogens is 2. The van der Waals surface area contributed by atoms with E-state index in [1.807, 2.05) is 25.3 Å². The third-order valence-electron chi connectivity index (χ3n) is 3.47. The monoisotopic (exact) mass is 312 g/mol. The van der Waals surface area contributed by atoms with Gasteiger partial charge in [0.1, 0.15) is 12.4 Å². The number of aliphatic hydroxyl groups excluding tert-OH is 1. The second-order valence-corrected chi connectivity index (χ2v) is 5.27. The first-order valence-corrected chi connectivity index (χ1v) is 7.39. The van der Waals surface area contributed by atoms with Crippen LogP contribution >= 0.6 is 0 Å². The Morgan fingerprint density at radius 3 is 2.86 bits per heavy atom. The molecule has 0 spiro atoms. The second kappa shape index (κ2) is 8.10.